The first kappa shape index (κ1) is 28.9. The second-order valence-corrected chi connectivity index (χ2v) is 10.2. The molecule has 0 bridgehead atoms. The number of thiazole rings is 1. The third-order valence-corrected chi connectivity index (χ3v) is 7.73. The minimum Gasteiger partial charge on any atom is -0.507 e. The lowest BCUT2D eigenvalue weighted by Gasteiger charge is -2.24. The van der Waals surface area contributed by atoms with Crippen LogP contribution in [0.3, 0.4) is 0 Å². The predicted molar refractivity (Wildman–Crippen MR) is 154 cm³/mol. The third kappa shape index (κ3) is 5.25. The second kappa shape index (κ2) is 12.1. The summed E-state index contributed by atoms with van der Waals surface area (Å²) in [6, 6.07) is 8.73. The molecule has 2 aromatic carbocycles. The molecule has 2 aliphatic rings. The number of carbonyl (C=O) groups excluding carboxylic acids is 3. The van der Waals surface area contributed by atoms with Gasteiger partial charge in [-0.1, -0.05) is 17.4 Å². The number of anilines is 1. The van der Waals surface area contributed by atoms with Gasteiger partial charge in [0.05, 0.1) is 37.1 Å². The molecule has 3 heterocycles. The van der Waals surface area contributed by atoms with Crippen molar-refractivity contribution in [3.05, 3.63) is 63.7 Å². The molecule has 1 unspecified atom stereocenters. The van der Waals surface area contributed by atoms with E-state index in [1.54, 1.807) is 50.2 Å². The van der Waals surface area contributed by atoms with Crippen molar-refractivity contribution in [3.8, 4) is 23.0 Å². The van der Waals surface area contributed by atoms with Crippen molar-refractivity contribution in [2.45, 2.75) is 33.7 Å². The summed E-state index contributed by atoms with van der Waals surface area (Å²) >= 11 is 0.933. The second-order valence-electron chi connectivity index (χ2n) is 9.23. The van der Waals surface area contributed by atoms with Crippen molar-refractivity contribution < 1.29 is 43.2 Å². The van der Waals surface area contributed by atoms with Crippen molar-refractivity contribution in [3.63, 3.8) is 0 Å². The number of ether oxygens (including phenoxy) is 5. The standard InChI is InChI=1S/C30H30N2O9S/c1-5-37-19-10-8-17(14-21(19)38-6-2)24-23(25(33)18-9-11-20-22(15-18)41-13-12-40-20)26(34)28(35)32(24)30-31-16(4)27(42-30)29(36)39-7-3/h8-11,14-15,24,33H,5-7,12-13H2,1-4H3/b25-23+. The highest BCUT2D eigenvalue weighted by Crippen LogP contribution is 2.46. The number of carbonyl (C=O) groups is 3. The molecule has 1 N–H and O–H groups in total. The Morgan fingerprint density at radius 1 is 1.00 bits per heavy atom. The van der Waals surface area contributed by atoms with E-state index in [0.717, 1.165) is 11.3 Å². The van der Waals surface area contributed by atoms with Gasteiger partial charge < -0.3 is 28.8 Å². The number of Topliss-reactive ketones (excluding diaryl/α,β-unsaturated/α-hetero) is 1. The van der Waals surface area contributed by atoms with Gasteiger partial charge in [-0.15, -0.1) is 0 Å². The van der Waals surface area contributed by atoms with Gasteiger partial charge in [-0.25, -0.2) is 9.78 Å². The van der Waals surface area contributed by atoms with E-state index in [4.69, 9.17) is 23.7 Å². The lowest BCUT2D eigenvalue weighted by Crippen LogP contribution is -2.29. The number of hydrogen-bond donors (Lipinski definition) is 1. The van der Waals surface area contributed by atoms with Gasteiger partial charge in [0.1, 0.15) is 23.9 Å². The summed E-state index contributed by atoms with van der Waals surface area (Å²) in [5, 5.41) is 11.7. The quantitative estimate of drug-likeness (QED) is 0.159. The van der Waals surface area contributed by atoms with Gasteiger partial charge in [0.25, 0.3) is 5.78 Å². The zero-order valence-electron chi connectivity index (χ0n) is 23.6. The van der Waals surface area contributed by atoms with E-state index in [1.165, 1.54) is 4.90 Å². The molecule has 0 radical (unpaired) electrons. The molecule has 3 aromatic rings. The fourth-order valence-electron chi connectivity index (χ4n) is 4.80. The number of ketones is 1. The molecule has 0 saturated carbocycles. The van der Waals surface area contributed by atoms with Gasteiger partial charge >= 0.3 is 11.9 Å². The van der Waals surface area contributed by atoms with Gasteiger partial charge in [-0.2, -0.15) is 0 Å². The van der Waals surface area contributed by atoms with Crippen molar-refractivity contribution >= 4 is 39.9 Å². The van der Waals surface area contributed by atoms with Crippen LogP contribution in [-0.2, 0) is 14.3 Å². The number of benzene rings is 2. The summed E-state index contributed by atoms with van der Waals surface area (Å²) in [7, 11) is 0. The molecule has 1 saturated heterocycles. The minimum absolute atomic E-state index is 0.107. The number of amides is 1. The Morgan fingerprint density at radius 2 is 1.71 bits per heavy atom. The molecule has 12 heteroatoms. The van der Waals surface area contributed by atoms with E-state index in [9.17, 15) is 19.5 Å². The topological polar surface area (TPSA) is 134 Å². The lowest BCUT2D eigenvalue weighted by atomic mass is 9.95. The van der Waals surface area contributed by atoms with E-state index in [0.29, 0.717) is 60.7 Å². The maximum Gasteiger partial charge on any atom is 0.350 e. The fraction of sp³-hybridized carbons (Fsp3) is 0.333. The first-order valence-corrected chi connectivity index (χ1v) is 14.4. The molecule has 5 rings (SSSR count). The van der Waals surface area contributed by atoms with Crippen LogP contribution >= 0.6 is 11.3 Å². The Labute approximate surface area is 246 Å². The summed E-state index contributed by atoms with van der Waals surface area (Å²) in [5.74, 6) is -0.991. The largest absolute Gasteiger partial charge is 0.507 e. The van der Waals surface area contributed by atoms with Crippen LogP contribution in [0.2, 0.25) is 0 Å². The van der Waals surface area contributed by atoms with Gasteiger partial charge in [-0.3, -0.25) is 14.5 Å². The average molecular weight is 595 g/mol. The summed E-state index contributed by atoms with van der Waals surface area (Å²) < 4.78 is 27.9. The number of fused-ring (bicyclic) bond motifs is 1. The number of aryl methyl sites for hydroxylation is 1. The fourth-order valence-corrected chi connectivity index (χ4v) is 5.79. The molecule has 0 aliphatic carbocycles. The summed E-state index contributed by atoms with van der Waals surface area (Å²) in [6.45, 7) is 8.61. The Hall–Kier alpha value is -4.58. The number of rotatable bonds is 9. The molecule has 2 aliphatic heterocycles. The maximum atomic E-state index is 13.6. The van der Waals surface area contributed by atoms with Crippen LogP contribution in [-0.4, -0.2) is 60.8 Å². The molecule has 42 heavy (non-hydrogen) atoms. The molecule has 1 aromatic heterocycles. The number of aliphatic hydroxyl groups excluding tert-OH is 1. The van der Waals surface area contributed by atoms with E-state index in [-0.39, 0.29) is 27.8 Å². The predicted octanol–water partition coefficient (Wildman–Crippen LogP) is 4.82. The van der Waals surface area contributed by atoms with Gasteiger partial charge in [-0.05, 0) is 63.6 Å². The molecule has 1 amide bonds. The molecular weight excluding hydrogens is 564 g/mol. The summed E-state index contributed by atoms with van der Waals surface area (Å²) in [4.78, 5) is 45.7. The summed E-state index contributed by atoms with van der Waals surface area (Å²) in [6.07, 6.45) is 0. The van der Waals surface area contributed by atoms with Crippen LogP contribution in [0.5, 0.6) is 23.0 Å². The first-order valence-electron chi connectivity index (χ1n) is 13.5. The van der Waals surface area contributed by atoms with E-state index < -0.39 is 29.5 Å². The number of aliphatic hydroxyl groups is 1. The van der Waals surface area contributed by atoms with Crippen LogP contribution in [0.4, 0.5) is 5.13 Å². The van der Waals surface area contributed by atoms with Crippen LogP contribution < -0.4 is 23.8 Å². The zero-order valence-corrected chi connectivity index (χ0v) is 24.4. The lowest BCUT2D eigenvalue weighted by molar-refractivity contribution is -0.132. The first-order chi connectivity index (χ1) is 20.3. The Bertz CT molecular complexity index is 1580. The van der Waals surface area contributed by atoms with Gasteiger partial charge in [0.15, 0.2) is 28.1 Å². The molecule has 220 valence electrons. The van der Waals surface area contributed by atoms with Crippen molar-refractivity contribution in [2.24, 2.45) is 0 Å². The molecule has 1 fully saturated rings. The van der Waals surface area contributed by atoms with Crippen molar-refractivity contribution in [1.82, 2.24) is 4.98 Å². The molecule has 11 nitrogen and oxygen atoms in total. The van der Waals surface area contributed by atoms with Gasteiger partial charge in [0, 0.05) is 5.56 Å². The molecule has 0 spiro atoms. The average Bonchev–Trinajstić information content (AvgIpc) is 3.50. The van der Waals surface area contributed by atoms with Crippen LogP contribution in [0, 0.1) is 6.92 Å². The summed E-state index contributed by atoms with van der Waals surface area (Å²) in [5.41, 5.74) is 0.919. The monoisotopic (exact) mass is 594 g/mol. The van der Waals surface area contributed by atoms with Crippen LogP contribution in [0.25, 0.3) is 5.76 Å². The van der Waals surface area contributed by atoms with Crippen LogP contribution in [0.15, 0.2) is 42.0 Å². The minimum atomic E-state index is -1.10. The highest BCUT2D eigenvalue weighted by molar-refractivity contribution is 7.17. The normalized spacial score (nSPS) is 17.3. The number of nitrogens with zero attached hydrogens (tertiary/aromatic N) is 2. The Morgan fingerprint density at radius 3 is 2.43 bits per heavy atom. The maximum absolute atomic E-state index is 13.6. The van der Waals surface area contributed by atoms with Crippen molar-refractivity contribution in [1.29, 1.82) is 0 Å². The number of aromatic nitrogens is 1. The van der Waals surface area contributed by atoms with Crippen LogP contribution in [0.1, 0.15) is 53.3 Å². The molecular formula is C30H30N2O9S. The Balaban J connectivity index is 1.70. The van der Waals surface area contributed by atoms with E-state index in [1.807, 2.05) is 13.8 Å². The highest BCUT2D eigenvalue weighted by Gasteiger charge is 2.48. The Kier molecular flexibility index (Phi) is 8.34. The van der Waals surface area contributed by atoms with Gasteiger partial charge in [0.2, 0.25) is 0 Å². The number of esters is 1. The van der Waals surface area contributed by atoms with E-state index in [2.05, 4.69) is 4.98 Å². The van der Waals surface area contributed by atoms with E-state index >= 15 is 0 Å². The zero-order chi connectivity index (χ0) is 30.0. The SMILES string of the molecule is CCOC(=O)c1sc(N2C(=O)C(=O)/C(=C(/O)c3ccc4c(c3)OCCO4)C2c2ccc(OCC)c(OCC)c2)nc1C. The van der Waals surface area contributed by atoms with Crippen molar-refractivity contribution in [2.75, 3.05) is 37.9 Å². The smallest absolute Gasteiger partial charge is 0.350 e. The third-order valence-electron chi connectivity index (χ3n) is 6.60. The molecule has 1 atom stereocenters. The number of hydrogen-bond acceptors (Lipinski definition) is 11. The highest BCUT2D eigenvalue weighted by atomic mass is 32.1.